The van der Waals surface area contributed by atoms with E-state index in [9.17, 15) is 4.79 Å². The van der Waals surface area contributed by atoms with E-state index in [0.717, 1.165) is 23.4 Å². The Bertz CT molecular complexity index is 919. The minimum atomic E-state index is 0.0391. The zero-order valence-corrected chi connectivity index (χ0v) is 17.5. The van der Waals surface area contributed by atoms with Crippen molar-refractivity contribution in [1.29, 1.82) is 0 Å². The second-order valence-electron chi connectivity index (χ2n) is 8.39. The van der Waals surface area contributed by atoms with E-state index < -0.39 is 0 Å². The van der Waals surface area contributed by atoms with Crippen molar-refractivity contribution in [3.63, 3.8) is 0 Å². The zero-order valence-electron chi connectivity index (χ0n) is 17.5. The summed E-state index contributed by atoms with van der Waals surface area (Å²) in [5.74, 6) is 3.03. The number of hydrogen-bond donors (Lipinski definition) is 0. The van der Waals surface area contributed by atoms with Gasteiger partial charge >= 0.3 is 0 Å². The highest BCUT2D eigenvalue weighted by Gasteiger charge is 2.64. The molecule has 6 nitrogen and oxygen atoms in total. The molecule has 2 atom stereocenters. The Labute approximate surface area is 165 Å². The molecule has 2 aromatic rings. The van der Waals surface area contributed by atoms with Gasteiger partial charge < -0.3 is 14.2 Å². The maximum Gasteiger partial charge on any atom is 0.247 e. The lowest BCUT2D eigenvalue weighted by Gasteiger charge is -2.14. The standard InChI is InChI=1S/C22H28N2O4/c1-12-19-15(11-14-20(19)22(14,2)3)24(23-12)18(25)8-7-13-9-16(26-4)21(28-6)17(10-13)27-5/h9-10,14,20H,7-8,11H2,1-6H3/t14-,20+/m0/s1. The number of aryl methyl sites for hydroxylation is 2. The Kier molecular flexibility index (Phi) is 4.40. The van der Waals surface area contributed by atoms with Crippen molar-refractivity contribution < 1.29 is 19.0 Å². The fourth-order valence-corrected chi connectivity index (χ4v) is 4.94. The molecular weight excluding hydrogens is 356 g/mol. The van der Waals surface area contributed by atoms with Gasteiger partial charge in [-0.2, -0.15) is 5.10 Å². The van der Waals surface area contributed by atoms with Crippen LogP contribution in [0.1, 0.15) is 53.5 Å². The number of methoxy groups -OCH3 is 3. The van der Waals surface area contributed by atoms with E-state index >= 15 is 0 Å². The Morgan fingerprint density at radius 3 is 2.39 bits per heavy atom. The molecule has 2 aliphatic carbocycles. The molecule has 1 aromatic heterocycles. The van der Waals surface area contributed by atoms with Crippen molar-refractivity contribution >= 4 is 5.91 Å². The number of carbonyl (C=O) groups excluding carboxylic acids is 1. The maximum absolute atomic E-state index is 12.9. The summed E-state index contributed by atoms with van der Waals surface area (Å²) in [6, 6.07) is 3.79. The average Bonchev–Trinajstić information content (AvgIpc) is 3.02. The summed E-state index contributed by atoms with van der Waals surface area (Å²) in [5.41, 5.74) is 4.77. The number of ether oxygens (including phenoxy) is 3. The molecule has 0 bridgehead atoms. The van der Waals surface area contributed by atoms with Crippen molar-refractivity contribution in [2.24, 2.45) is 11.3 Å². The maximum atomic E-state index is 12.9. The quantitative estimate of drug-likeness (QED) is 0.758. The van der Waals surface area contributed by atoms with Gasteiger partial charge in [0, 0.05) is 12.0 Å². The number of benzene rings is 1. The Balaban J connectivity index is 1.52. The largest absolute Gasteiger partial charge is 0.493 e. The molecule has 1 heterocycles. The van der Waals surface area contributed by atoms with E-state index in [1.807, 2.05) is 19.1 Å². The Hall–Kier alpha value is -2.50. The summed E-state index contributed by atoms with van der Waals surface area (Å²) in [7, 11) is 4.76. The third-order valence-electron chi connectivity index (χ3n) is 6.57. The highest BCUT2D eigenvalue weighted by atomic mass is 16.5. The lowest BCUT2D eigenvalue weighted by atomic mass is 9.98. The van der Waals surface area contributed by atoms with Crippen LogP contribution < -0.4 is 14.2 Å². The third-order valence-corrected chi connectivity index (χ3v) is 6.57. The first-order chi connectivity index (χ1) is 13.3. The van der Waals surface area contributed by atoms with Crippen molar-refractivity contribution in [3.8, 4) is 17.2 Å². The molecule has 0 saturated heterocycles. The predicted molar refractivity (Wildman–Crippen MR) is 106 cm³/mol. The fraction of sp³-hybridized carbons (Fsp3) is 0.545. The summed E-state index contributed by atoms with van der Waals surface area (Å²) in [5, 5.41) is 4.58. The third kappa shape index (κ3) is 2.69. The van der Waals surface area contributed by atoms with Gasteiger partial charge in [-0.1, -0.05) is 13.8 Å². The van der Waals surface area contributed by atoms with E-state index in [1.165, 1.54) is 5.56 Å². The van der Waals surface area contributed by atoms with Crippen LogP contribution >= 0.6 is 0 Å². The monoisotopic (exact) mass is 384 g/mol. The SMILES string of the molecule is COc1cc(CCC(=O)n2nc(C)c3c2C[C@H]2[C@H]3C2(C)C)cc(OC)c1OC. The number of hydrogen-bond acceptors (Lipinski definition) is 5. The number of nitrogens with zero attached hydrogens (tertiary/aromatic N) is 2. The molecule has 0 amide bonds. The van der Waals surface area contributed by atoms with Gasteiger partial charge in [0.2, 0.25) is 11.7 Å². The molecule has 0 aliphatic heterocycles. The van der Waals surface area contributed by atoms with Crippen LogP contribution in [-0.4, -0.2) is 37.0 Å². The topological polar surface area (TPSA) is 62.6 Å². The summed E-state index contributed by atoms with van der Waals surface area (Å²) >= 11 is 0. The van der Waals surface area contributed by atoms with Gasteiger partial charge in [-0.25, -0.2) is 4.68 Å². The summed E-state index contributed by atoms with van der Waals surface area (Å²) in [6.07, 6.45) is 1.93. The van der Waals surface area contributed by atoms with Gasteiger partial charge in [0.05, 0.1) is 32.7 Å². The van der Waals surface area contributed by atoms with Crippen LogP contribution in [0.2, 0.25) is 0 Å². The van der Waals surface area contributed by atoms with Gasteiger partial charge in [-0.3, -0.25) is 4.79 Å². The van der Waals surface area contributed by atoms with Gasteiger partial charge in [0.1, 0.15) is 0 Å². The lowest BCUT2D eigenvalue weighted by molar-refractivity contribution is 0.0882. The smallest absolute Gasteiger partial charge is 0.247 e. The summed E-state index contributed by atoms with van der Waals surface area (Å²) in [4.78, 5) is 12.9. The lowest BCUT2D eigenvalue weighted by Crippen LogP contribution is -2.17. The normalized spacial score (nSPS) is 21.1. The molecule has 1 fully saturated rings. The predicted octanol–water partition coefficient (Wildman–Crippen LogP) is 3.79. The molecule has 150 valence electrons. The first-order valence-electron chi connectivity index (χ1n) is 9.74. The summed E-state index contributed by atoms with van der Waals surface area (Å²) in [6.45, 7) is 6.65. The zero-order chi connectivity index (χ0) is 20.2. The molecule has 1 saturated carbocycles. The molecule has 6 heteroatoms. The van der Waals surface area contributed by atoms with Crippen LogP contribution in [0, 0.1) is 18.3 Å². The van der Waals surface area contributed by atoms with Gasteiger partial charge in [0.15, 0.2) is 11.5 Å². The van der Waals surface area contributed by atoms with Crippen LogP contribution in [-0.2, 0) is 12.8 Å². The molecule has 28 heavy (non-hydrogen) atoms. The number of aromatic nitrogens is 2. The molecule has 0 unspecified atom stereocenters. The fourth-order valence-electron chi connectivity index (χ4n) is 4.94. The van der Waals surface area contributed by atoms with Crippen LogP contribution in [0.4, 0.5) is 0 Å². The molecule has 0 N–H and O–H groups in total. The molecule has 4 rings (SSSR count). The highest BCUT2D eigenvalue weighted by Crippen LogP contribution is 2.70. The van der Waals surface area contributed by atoms with Crippen LogP contribution in [0.5, 0.6) is 17.2 Å². The van der Waals surface area contributed by atoms with Crippen molar-refractivity contribution in [2.75, 3.05) is 21.3 Å². The van der Waals surface area contributed by atoms with Crippen LogP contribution in [0.3, 0.4) is 0 Å². The van der Waals surface area contributed by atoms with E-state index in [0.29, 0.717) is 47.3 Å². The molecule has 1 aromatic carbocycles. The molecule has 2 aliphatic rings. The second-order valence-corrected chi connectivity index (χ2v) is 8.39. The molecular formula is C22H28N2O4. The first kappa shape index (κ1) is 18.8. The number of carbonyl (C=O) groups is 1. The highest BCUT2D eigenvalue weighted by molar-refractivity contribution is 5.80. The van der Waals surface area contributed by atoms with Crippen LogP contribution in [0.25, 0.3) is 0 Å². The Morgan fingerprint density at radius 1 is 1.18 bits per heavy atom. The van der Waals surface area contributed by atoms with E-state index in [-0.39, 0.29) is 5.91 Å². The Morgan fingerprint density at radius 2 is 1.82 bits per heavy atom. The molecule has 0 spiro atoms. The number of fused-ring (bicyclic) bond motifs is 3. The van der Waals surface area contributed by atoms with Crippen molar-refractivity contribution in [3.05, 3.63) is 34.6 Å². The first-order valence-corrected chi connectivity index (χ1v) is 9.74. The van der Waals surface area contributed by atoms with Crippen molar-refractivity contribution in [2.45, 2.75) is 46.0 Å². The van der Waals surface area contributed by atoms with Gasteiger partial charge in [-0.15, -0.1) is 0 Å². The van der Waals surface area contributed by atoms with Gasteiger partial charge in [-0.05, 0) is 54.7 Å². The van der Waals surface area contributed by atoms with Crippen LogP contribution in [0.15, 0.2) is 12.1 Å². The van der Waals surface area contributed by atoms with Gasteiger partial charge in [0.25, 0.3) is 0 Å². The minimum absolute atomic E-state index is 0.0391. The average molecular weight is 384 g/mol. The van der Waals surface area contributed by atoms with E-state index in [2.05, 4.69) is 18.9 Å². The number of rotatable bonds is 6. The second kappa shape index (κ2) is 6.54. The summed E-state index contributed by atoms with van der Waals surface area (Å²) < 4.78 is 17.8. The van der Waals surface area contributed by atoms with Crippen molar-refractivity contribution in [1.82, 2.24) is 9.78 Å². The van der Waals surface area contributed by atoms with E-state index in [1.54, 1.807) is 26.0 Å². The van der Waals surface area contributed by atoms with E-state index in [4.69, 9.17) is 14.2 Å². The minimum Gasteiger partial charge on any atom is -0.493 e. The molecule has 0 radical (unpaired) electrons.